The molecule has 0 amide bonds. The van der Waals surface area contributed by atoms with Crippen LogP contribution < -0.4 is 9.47 Å². The number of ether oxygens (including phenoxy) is 2. The standard InChI is InChI=1S/C14H12FNO4/c15-13-10-12(6-7-14(13)16(17)18)20-9-8-19-11-4-2-1-3-5-11/h1-7,10H,8-9H2. The van der Waals surface area contributed by atoms with Gasteiger partial charge in [0.25, 0.3) is 0 Å². The van der Waals surface area contributed by atoms with Gasteiger partial charge in [0.15, 0.2) is 0 Å². The van der Waals surface area contributed by atoms with E-state index in [4.69, 9.17) is 9.47 Å². The maximum atomic E-state index is 13.3. The van der Waals surface area contributed by atoms with Crippen molar-refractivity contribution in [2.45, 2.75) is 0 Å². The predicted molar refractivity (Wildman–Crippen MR) is 70.5 cm³/mol. The monoisotopic (exact) mass is 277 g/mol. The lowest BCUT2D eigenvalue weighted by Crippen LogP contribution is -2.09. The van der Waals surface area contributed by atoms with E-state index in [1.807, 2.05) is 30.3 Å². The van der Waals surface area contributed by atoms with Gasteiger partial charge in [-0.25, -0.2) is 0 Å². The molecule has 0 unspecified atom stereocenters. The highest BCUT2D eigenvalue weighted by molar-refractivity contribution is 5.37. The van der Waals surface area contributed by atoms with Crippen LogP contribution in [0.1, 0.15) is 0 Å². The topological polar surface area (TPSA) is 61.6 Å². The number of hydrogen-bond acceptors (Lipinski definition) is 4. The first-order valence-electron chi connectivity index (χ1n) is 5.91. The van der Waals surface area contributed by atoms with E-state index in [9.17, 15) is 14.5 Å². The predicted octanol–water partition coefficient (Wildman–Crippen LogP) is 3.19. The van der Waals surface area contributed by atoms with Gasteiger partial charge in [-0.2, -0.15) is 4.39 Å². The zero-order valence-corrected chi connectivity index (χ0v) is 10.5. The van der Waals surface area contributed by atoms with Crippen molar-refractivity contribution in [2.75, 3.05) is 13.2 Å². The highest BCUT2D eigenvalue weighted by atomic mass is 19.1. The molecule has 0 radical (unpaired) electrons. The molecule has 0 aliphatic rings. The second-order valence-corrected chi connectivity index (χ2v) is 3.88. The zero-order chi connectivity index (χ0) is 14.4. The van der Waals surface area contributed by atoms with Crippen LogP contribution in [-0.2, 0) is 0 Å². The quantitative estimate of drug-likeness (QED) is 0.462. The van der Waals surface area contributed by atoms with E-state index >= 15 is 0 Å². The Morgan fingerprint density at radius 2 is 1.65 bits per heavy atom. The third-order valence-corrected chi connectivity index (χ3v) is 2.48. The van der Waals surface area contributed by atoms with E-state index in [0.29, 0.717) is 12.4 Å². The molecule has 0 fully saturated rings. The van der Waals surface area contributed by atoms with Crippen LogP contribution in [0, 0.1) is 15.9 Å². The SMILES string of the molecule is O=[N+]([O-])c1ccc(OCCOc2ccccc2)cc1F. The Labute approximate surface area is 114 Å². The Morgan fingerprint density at radius 1 is 1.00 bits per heavy atom. The van der Waals surface area contributed by atoms with E-state index in [1.54, 1.807) is 0 Å². The van der Waals surface area contributed by atoms with Gasteiger partial charge in [0, 0.05) is 12.1 Å². The molecule has 5 nitrogen and oxygen atoms in total. The molecule has 104 valence electrons. The molecule has 20 heavy (non-hydrogen) atoms. The van der Waals surface area contributed by atoms with E-state index in [2.05, 4.69) is 0 Å². The molecular weight excluding hydrogens is 265 g/mol. The summed E-state index contributed by atoms with van der Waals surface area (Å²) in [4.78, 5) is 9.67. The first kappa shape index (κ1) is 13.8. The molecule has 0 saturated heterocycles. The summed E-state index contributed by atoms with van der Waals surface area (Å²) in [5.74, 6) is 0.0206. The van der Waals surface area contributed by atoms with Crippen molar-refractivity contribution in [1.29, 1.82) is 0 Å². The smallest absolute Gasteiger partial charge is 0.305 e. The van der Waals surface area contributed by atoms with Gasteiger partial charge in [0.2, 0.25) is 5.82 Å². The molecule has 0 aliphatic heterocycles. The summed E-state index contributed by atoms with van der Waals surface area (Å²) in [6, 6.07) is 12.6. The Kier molecular flexibility index (Phi) is 4.49. The normalized spacial score (nSPS) is 10.1. The van der Waals surface area contributed by atoms with Crippen molar-refractivity contribution in [3.05, 3.63) is 64.5 Å². The largest absolute Gasteiger partial charge is 0.490 e. The molecule has 2 rings (SSSR count). The zero-order valence-electron chi connectivity index (χ0n) is 10.5. The van der Waals surface area contributed by atoms with E-state index < -0.39 is 16.4 Å². The van der Waals surface area contributed by atoms with Crippen molar-refractivity contribution < 1.29 is 18.8 Å². The molecule has 0 aliphatic carbocycles. The highest BCUT2D eigenvalue weighted by Crippen LogP contribution is 2.22. The first-order chi connectivity index (χ1) is 9.66. The molecule has 2 aromatic carbocycles. The van der Waals surface area contributed by atoms with Gasteiger partial charge in [0.05, 0.1) is 4.92 Å². The Morgan fingerprint density at radius 3 is 2.25 bits per heavy atom. The van der Waals surface area contributed by atoms with Gasteiger partial charge in [-0.15, -0.1) is 0 Å². The van der Waals surface area contributed by atoms with Crippen LogP contribution in [0.15, 0.2) is 48.5 Å². The third kappa shape index (κ3) is 3.68. The van der Waals surface area contributed by atoms with E-state index in [1.165, 1.54) is 6.07 Å². The number of nitro benzene ring substituents is 1. The Balaban J connectivity index is 1.83. The van der Waals surface area contributed by atoms with Crippen LogP contribution in [0.3, 0.4) is 0 Å². The number of nitrogens with zero attached hydrogens (tertiary/aromatic N) is 1. The lowest BCUT2D eigenvalue weighted by atomic mass is 10.3. The van der Waals surface area contributed by atoms with Crippen LogP contribution in [0.2, 0.25) is 0 Å². The maximum Gasteiger partial charge on any atom is 0.305 e. The van der Waals surface area contributed by atoms with Crippen LogP contribution in [-0.4, -0.2) is 18.1 Å². The van der Waals surface area contributed by atoms with Crippen molar-refractivity contribution in [3.63, 3.8) is 0 Å². The van der Waals surface area contributed by atoms with Crippen molar-refractivity contribution in [2.24, 2.45) is 0 Å². The average molecular weight is 277 g/mol. The molecule has 0 N–H and O–H groups in total. The van der Waals surface area contributed by atoms with Gasteiger partial charge in [-0.1, -0.05) is 18.2 Å². The highest BCUT2D eigenvalue weighted by Gasteiger charge is 2.14. The van der Waals surface area contributed by atoms with E-state index in [-0.39, 0.29) is 12.4 Å². The minimum Gasteiger partial charge on any atom is -0.490 e. The summed E-state index contributed by atoms with van der Waals surface area (Å²) >= 11 is 0. The van der Waals surface area contributed by atoms with Gasteiger partial charge in [-0.3, -0.25) is 10.1 Å². The summed E-state index contributed by atoms with van der Waals surface area (Å²) in [5.41, 5.74) is -0.571. The lowest BCUT2D eigenvalue weighted by Gasteiger charge is -2.08. The summed E-state index contributed by atoms with van der Waals surface area (Å²) in [7, 11) is 0. The van der Waals surface area contributed by atoms with E-state index in [0.717, 1.165) is 12.1 Å². The Hall–Kier alpha value is -2.63. The summed E-state index contributed by atoms with van der Waals surface area (Å²) < 4.78 is 24.0. The van der Waals surface area contributed by atoms with Gasteiger partial charge < -0.3 is 9.47 Å². The number of nitro groups is 1. The van der Waals surface area contributed by atoms with Crippen LogP contribution in [0.25, 0.3) is 0 Å². The molecule has 0 atom stereocenters. The molecule has 0 saturated carbocycles. The van der Waals surface area contributed by atoms with Gasteiger partial charge in [0.1, 0.15) is 24.7 Å². The maximum absolute atomic E-state index is 13.3. The van der Waals surface area contributed by atoms with Gasteiger partial charge >= 0.3 is 5.69 Å². The van der Waals surface area contributed by atoms with Crippen molar-refractivity contribution >= 4 is 5.69 Å². The fourth-order valence-corrected chi connectivity index (χ4v) is 1.56. The third-order valence-electron chi connectivity index (χ3n) is 2.48. The molecule has 6 heteroatoms. The summed E-state index contributed by atoms with van der Waals surface area (Å²) in [6.45, 7) is 0.509. The minimum atomic E-state index is -0.920. The number of hydrogen-bond donors (Lipinski definition) is 0. The molecular formula is C14H12FNO4. The number of halogens is 1. The number of benzene rings is 2. The second kappa shape index (κ2) is 6.51. The molecule has 0 bridgehead atoms. The van der Waals surface area contributed by atoms with Crippen LogP contribution in [0.5, 0.6) is 11.5 Å². The second-order valence-electron chi connectivity index (χ2n) is 3.88. The Bertz CT molecular complexity index is 589. The van der Waals surface area contributed by atoms with Gasteiger partial charge in [-0.05, 0) is 18.2 Å². The molecule has 0 heterocycles. The molecule has 0 aromatic heterocycles. The first-order valence-corrected chi connectivity index (χ1v) is 5.91. The van der Waals surface area contributed by atoms with Crippen LogP contribution in [0.4, 0.5) is 10.1 Å². The average Bonchev–Trinajstić information content (AvgIpc) is 2.44. The fourth-order valence-electron chi connectivity index (χ4n) is 1.56. The van der Waals surface area contributed by atoms with Crippen LogP contribution >= 0.6 is 0 Å². The summed E-state index contributed by atoms with van der Waals surface area (Å²) in [5, 5.41) is 10.5. The van der Waals surface area contributed by atoms with Crippen molar-refractivity contribution in [1.82, 2.24) is 0 Å². The lowest BCUT2D eigenvalue weighted by molar-refractivity contribution is -0.387. The molecule has 0 spiro atoms. The molecule has 2 aromatic rings. The number of para-hydroxylation sites is 1. The minimum absolute atomic E-state index is 0.214. The number of rotatable bonds is 6. The summed E-state index contributed by atoms with van der Waals surface area (Å²) in [6.07, 6.45) is 0. The van der Waals surface area contributed by atoms with Crippen molar-refractivity contribution in [3.8, 4) is 11.5 Å². The fraction of sp³-hybridized carbons (Fsp3) is 0.143.